The Morgan fingerprint density at radius 1 is 1.13 bits per heavy atom. The van der Waals surface area contributed by atoms with Gasteiger partial charge in [-0.1, -0.05) is 41.5 Å². The smallest absolute Gasteiger partial charge is 0.417 e. The minimum Gasteiger partial charge on any atom is -0.486 e. The lowest BCUT2D eigenvalue weighted by molar-refractivity contribution is -0.133. The van der Waals surface area contributed by atoms with E-state index in [9.17, 15) is 14.7 Å². The molecule has 0 radical (unpaired) electrons. The number of aliphatic hydroxyl groups is 1. The molecule has 154 valence electrons. The molecule has 2 heterocycles. The van der Waals surface area contributed by atoms with E-state index in [1.807, 2.05) is 6.07 Å². The highest BCUT2D eigenvalue weighted by Gasteiger charge is 2.43. The lowest BCUT2D eigenvalue weighted by Gasteiger charge is -2.26. The first-order valence-electron chi connectivity index (χ1n) is 9.26. The number of fused-ring (bicyclic) bond motifs is 1. The summed E-state index contributed by atoms with van der Waals surface area (Å²) in [4.78, 5) is 29.0. The zero-order chi connectivity index (χ0) is 21.1. The van der Waals surface area contributed by atoms with Crippen molar-refractivity contribution in [3.63, 3.8) is 0 Å². The Morgan fingerprint density at radius 2 is 1.87 bits per heavy atom. The Balaban J connectivity index is 1.64. The van der Waals surface area contributed by atoms with E-state index in [1.54, 1.807) is 36.4 Å². The van der Waals surface area contributed by atoms with E-state index in [0.29, 0.717) is 30.3 Å². The minimum absolute atomic E-state index is 0.0301. The van der Waals surface area contributed by atoms with Gasteiger partial charge in [-0.3, -0.25) is 4.79 Å². The average molecular weight is 410 g/mol. The molecule has 2 aromatic rings. The Bertz CT molecular complexity index is 1010. The number of imide groups is 1. The molecule has 0 spiro atoms. The molecule has 2 amide bonds. The van der Waals surface area contributed by atoms with Gasteiger partial charge in [-0.15, -0.1) is 0 Å². The second kappa shape index (κ2) is 8.32. The molecule has 1 fully saturated rings. The van der Waals surface area contributed by atoms with E-state index in [1.165, 1.54) is 6.07 Å². The first-order valence-corrected chi connectivity index (χ1v) is 9.26. The summed E-state index contributed by atoms with van der Waals surface area (Å²) in [6, 6.07) is 11.3. The van der Waals surface area contributed by atoms with Gasteiger partial charge in [0.1, 0.15) is 31.9 Å². The lowest BCUT2D eigenvalue weighted by atomic mass is 9.99. The van der Waals surface area contributed by atoms with Crippen molar-refractivity contribution in [1.82, 2.24) is 4.90 Å². The molecule has 3 atom stereocenters. The molecular weight excluding hydrogens is 392 g/mol. The third kappa shape index (κ3) is 3.61. The normalized spacial score (nSPS) is 19.4. The van der Waals surface area contributed by atoms with E-state index in [0.717, 1.165) is 4.90 Å². The summed E-state index contributed by atoms with van der Waals surface area (Å²) in [7, 11) is 0. The third-order valence-corrected chi connectivity index (χ3v) is 4.93. The van der Waals surface area contributed by atoms with Crippen LogP contribution in [0.25, 0.3) is 10.4 Å². The molecule has 4 rings (SSSR count). The van der Waals surface area contributed by atoms with Crippen LogP contribution in [0.2, 0.25) is 0 Å². The van der Waals surface area contributed by atoms with Crippen LogP contribution in [0, 0.1) is 0 Å². The maximum Gasteiger partial charge on any atom is 0.417 e. The van der Waals surface area contributed by atoms with Crippen molar-refractivity contribution in [3.8, 4) is 11.5 Å². The number of rotatable bonds is 5. The van der Waals surface area contributed by atoms with E-state index in [2.05, 4.69) is 10.0 Å². The van der Waals surface area contributed by atoms with Crippen molar-refractivity contribution in [2.45, 2.75) is 18.2 Å². The second-order valence-corrected chi connectivity index (χ2v) is 6.71. The van der Waals surface area contributed by atoms with Gasteiger partial charge in [0.2, 0.25) is 5.91 Å². The van der Waals surface area contributed by atoms with Gasteiger partial charge in [0.15, 0.2) is 11.5 Å². The highest BCUT2D eigenvalue weighted by molar-refractivity contribution is 5.97. The zero-order valence-electron chi connectivity index (χ0n) is 15.7. The molecule has 2 aromatic carbocycles. The molecule has 1 saturated heterocycles. The van der Waals surface area contributed by atoms with Crippen molar-refractivity contribution in [3.05, 3.63) is 70.1 Å². The molecule has 10 heteroatoms. The molecule has 30 heavy (non-hydrogen) atoms. The van der Waals surface area contributed by atoms with Crippen LogP contribution in [0.3, 0.4) is 0 Å². The number of benzene rings is 2. The molecule has 1 N–H and O–H groups in total. The number of carbonyl (C=O) groups is 2. The molecule has 0 unspecified atom stereocenters. The fraction of sp³-hybridized carbons (Fsp3) is 0.300. The van der Waals surface area contributed by atoms with Crippen LogP contribution < -0.4 is 9.47 Å². The summed E-state index contributed by atoms with van der Waals surface area (Å²) in [6.07, 6.45) is -2.37. The first-order chi connectivity index (χ1) is 14.6. The summed E-state index contributed by atoms with van der Waals surface area (Å²) in [5.41, 5.74) is 9.95. The van der Waals surface area contributed by atoms with Gasteiger partial charge < -0.3 is 19.3 Å². The SMILES string of the molecule is [N-]=[N+]=N[C@H](C(=O)N1C(=O)OC[C@@H]1c1ccccc1)[C@H](O)c1ccc2c(c1)OCCO2. The number of amides is 2. The van der Waals surface area contributed by atoms with Crippen LogP contribution in [-0.4, -0.2) is 47.9 Å². The number of nitrogens with zero attached hydrogens (tertiary/aromatic N) is 4. The number of carbonyl (C=O) groups excluding carboxylic acids is 2. The van der Waals surface area contributed by atoms with Crippen molar-refractivity contribution >= 4 is 12.0 Å². The van der Waals surface area contributed by atoms with E-state index in [4.69, 9.17) is 19.7 Å². The molecule has 0 saturated carbocycles. The number of aliphatic hydroxyl groups excluding tert-OH is 1. The average Bonchev–Trinajstić information content (AvgIpc) is 3.18. The van der Waals surface area contributed by atoms with Gasteiger partial charge in [-0.05, 0) is 28.8 Å². The first kappa shape index (κ1) is 19.6. The van der Waals surface area contributed by atoms with Gasteiger partial charge >= 0.3 is 6.09 Å². The number of cyclic esters (lactones) is 1. The molecular formula is C20H18N4O6. The standard InChI is InChI=1S/C20H18N4O6/c21-23-22-17(18(25)13-6-7-15-16(10-13)29-9-8-28-15)19(26)24-14(11-30-20(24)27)12-4-2-1-3-5-12/h1-7,10,14,17-18,25H,8-9,11H2/t14-,17+,18-/m1/s1. The minimum atomic E-state index is -1.57. The quantitative estimate of drug-likeness (QED) is 0.458. The molecule has 10 nitrogen and oxygen atoms in total. The summed E-state index contributed by atoms with van der Waals surface area (Å²) in [5.74, 6) is 0.0651. The van der Waals surface area contributed by atoms with E-state index >= 15 is 0 Å². The second-order valence-electron chi connectivity index (χ2n) is 6.71. The van der Waals surface area contributed by atoms with Crippen molar-refractivity contribution in [1.29, 1.82) is 0 Å². The van der Waals surface area contributed by atoms with E-state index < -0.39 is 30.2 Å². The number of hydrogen-bond acceptors (Lipinski definition) is 7. The fourth-order valence-electron chi connectivity index (χ4n) is 3.46. The Kier molecular flexibility index (Phi) is 5.42. The van der Waals surface area contributed by atoms with Gasteiger partial charge in [0.05, 0.1) is 6.10 Å². The van der Waals surface area contributed by atoms with Gasteiger partial charge in [0, 0.05) is 4.91 Å². The van der Waals surface area contributed by atoms with Crippen LogP contribution in [0.15, 0.2) is 53.6 Å². The molecule has 2 aliphatic rings. The maximum atomic E-state index is 13.2. The van der Waals surface area contributed by atoms with Gasteiger partial charge in [0.25, 0.3) is 0 Å². The van der Waals surface area contributed by atoms with Crippen molar-refractivity contribution in [2.24, 2.45) is 5.11 Å². The topological polar surface area (TPSA) is 134 Å². The molecule has 2 aliphatic heterocycles. The van der Waals surface area contributed by atoms with Crippen LogP contribution >= 0.6 is 0 Å². The van der Waals surface area contributed by atoms with Gasteiger partial charge in [-0.25, -0.2) is 9.69 Å². The predicted molar refractivity (Wildman–Crippen MR) is 103 cm³/mol. The Morgan fingerprint density at radius 3 is 2.60 bits per heavy atom. The van der Waals surface area contributed by atoms with Crippen LogP contribution in [0.5, 0.6) is 11.5 Å². The summed E-state index contributed by atoms with van der Waals surface area (Å²) < 4.78 is 16.0. The summed E-state index contributed by atoms with van der Waals surface area (Å²) >= 11 is 0. The largest absolute Gasteiger partial charge is 0.486 e. The van der Waals surface area contributed by atoms with Gasteiger partial charge in [-0.2, -0.15) is 0 Å². The highest BCUT2D eigenvalue weighted by Crippen LogP contribution is 2.35. The highest BCUT2D eigenvalue weighted by atomic mass is 16.6. The van der Waals surface area contributed by atoms with Crippen LogP contribution in [0.1, 0.15) is 23.3 Å². The maximum absolute atomic E-state index is 13.2. The van der Waals surface area contributed by atoms with Crippen molar-refractivity contribution in [2.75, 3.05) is 19.8 Å². The van der Waals surface area contributed by atoms with Crippen LogP contribution in [-0.2, 0) is 9.53 Å². The number of azide groups is 1. The van der Waals surface area contributed by atoms with Crippen molar-refractivity contribution < 1.29 is 28.9 Å². The Labute approximate surface area is 171 Å². The predicted octanol–water partition coefficient (Wildman–Crippen LogP) is 2.89. The third-order valence-electron chi connectivity index (χ3n) is 4.93. The lowest BCUT2D eigenvalue weighted by Crippen LogP contribution is -2.42. The monoisotopic (exact) mass is 410 g/mol. The summed E-state index contributed by atoms with van der Waals surface area (Å²) in [6.45, 7) is 0.730. The molecule has 0 bridgehead atoms. The van der Waals surface area contributed by atoms with Crippen LogP contribution in [0.4, 0.5) is 4.79 Å². The zero-order valence-corrected chi connectivity index (χ0v) is 15.7. The Hall–Kier alpha value is -3.75. The van der Waals surface area contributed by atoms with E-state index in [-0.39, 0.29) is 12.2 Å². The fourth-order valence-corrected chi connectivity index (χ4v) is 3.46. The number of ether oxygens (including phenoxy) is 3. The molecule has 0 aromatic heterocycles. The molecule has 0 aliphatic carbocycles. The summed E-state index contributed by atoms with van der Waals surface area (Å²) in [5, 5.41) is 14.3. The number of hydrogen-bond donors (Lipinski definition) is 1.